The number of allylic oxidation sites excluding steroid dienone is 1. The summed E-state index contributed by atoms with van der Waals surface area (Å²) in [6.07, 6.45) is 0.144. The predicted molar refractivity (Wildman–Crippen MR) is 125 cm³/mol. The number of amides is 1. The maximum absolute atomic E-state index is 12.9. The Morgan fingerprint density at radius 2 is 1.41 bits per heavy atom. The van der Waals surface area contributed by atoms with E-state index in [0.29, 0.717) is 18.9 Å². The summed E-state index contributed by atoms with van der Waals surface area (Å²) in [5, 5.41) is 9.74. The van der Waals surface area contributed by atoms with Crippen LogP contribution in [-0.2, 0) is 9.59 Å². The number of ketones is 1. The van der Waals surface area contributed by atoms with Gasteiger partial charge < -0.3 is 19.6 Å². The summed E-state index contributed by atoms with van der Waals surface area (Å²) in [7, 11) is 3.69. The summed E-state index contributed by atoms with van der Waals surface area (Å²) in [6, 6.07) is 20.0. The Morgan fingerprint density at radius 3 is 1.97 bits per heavy atom. The van der Waals surface area contributed by atoms with Crippen molar-refractivity contribution >= 4 is 28.8 Å². The first kappa shape index (κ1) is 21.4. The third-order valence-corrected chi connectivity index (χ3v) is 6.17. The number of carbonyl (C=O) groups excluding carboxylic acids is 2. The van der Waals surface area contributed by atoms with Crippen LogP contribution < -0.4 is 14.7 Å². The van der Waals surface area contributed by atoms with E-state index < -0.39 is 0 Å². The molecule has 7 heteroatoms. The molecule has 0 unspecified atom stereocenters. The van der Waals surface area contributed by atoms with Crippen LogP contribution in [0.1, 0.15) is 12.8 Å². The second-order valence-corrected chi connectivity index (χ2v) is 8.04. The maximum Gasteiger partial charge on any atom is 0.223 e. The topological polar surface area (TPSA) is 70.9 Å². The maximum atomic E-state index is 12.9. The molecule has 1 saturated heterocycles. The van der Waals surface area contributed by atoms with Crippen molar-refractivity contribution in [3.05, 3.63) is 66.0 Å². The molecule has 0 N–H and O–H groups in total. The van der Waals surface area contributed by atoms with Crippen LogP contribution in [0.5, 0.6) is 0 Å². The number of nitriles is 1. The molecule has 1 amide bonds. The van der Waals surface area contributed by atoms with Crippen molar-refractivity contribution in [2.75, 3.05) is 55.0 Å². The van der Waals surface area contributed by atoms with Crippen LogP contribution in [0.25, 0.3) is 0 Å². The van der Waals surface area contributed by atoms with E-state index in [1.807, 2.05) is 71.3 Å². The van der Waals surface area contributed by atoms with Gasteiger partial charge in [-0.25, -0.2) is 0 Å². The number of carbonyl (C=O) groups is 2. The summed E-state index contributed by atoms with van der Waals surface area (Å²) in [4.78, 5) is 33.4. The molecular weight excluding hydrogens is 402 g/mol. The highest BCUT2D eigenvalue weighted by atomic mass is 16.2. The van der Waals surface area contributed by atoms with Crippen molar-refractivity contribution in [1.29, 1.82) is 5.26 Å². The van der Waals surface area contributed by atoms with E-state index in [1.165, 1.54) is 0 Å². The van der Waals surface area contributed by atoms with E-state index in [1.54, 1.807) is 0 Å². The second-order valence-electron chi connectivity index (χ2n) is 8.04. The first-order valence-electron chi connectivity index (χ1n) is 10.8. The average molecular weight is 430 g/mol. The van der Waals surface area contributed by atoms with Crippen LogP contribution >= 0.6 is 0 Å². The van der Waals surface area contributed by atoms with E-state index in [-0.39, 0.29) is 30.1 Å². The molecule has 4 rings (SSSR count). The third-order valence-electron chi connectivity index (χ3n) is 6.17. The minimum absolute atomic E-state index is 0.0299. The normalized spacial score (nSPS) is 15.5. The quantitative estimate of drug-likeness (QED) is 0.538. The zero-order chi connectivity index (χ0) is 22.7. The van der Waals surface area contributed by atoms with Gasteiger partial charge in [-0.1, -0.05) is 30.3 Å². The molecule has 164 valence electrons. The smallest absolute Gasteiger partial charge is 0.223 e. The van der Waals surface area contributed by atoms with Crippen molar-refractivity contribution in [1.82, 2.24) is 4.90 Å². The number of fused-ring (bicyclic) bond motifs is 1. The molecule has 32 heavy (non-hydrogen) atoms. The van der Waals surface area contributed by atoms with E-state index in [9.17, 15) is 14.9 Å². The molecular formula is C25H27N5O2. The molecule has 0 bridgehead atoms. The lowest BCUT2D eigenvalue weighted by molar-refractivity contribution is -0.133. The van der Waals surface area contributed by atoms with Gasteiger partial charge >= 0.3 is 0 Å². The third kappa shape index (κ3) is 4.04. The number of rotatable bonds is 5. The lowest BCUT2D eigenvalue weighted by Gasteiger charge is -2.36. The molecule has 0 saturated carbocycles. The fourth-order valence-electron chi connectivity index (χ4n) is 4.41. The number of Topliss-reactive ketones (excluding diaryl/α,β-unsaturated/α-hetero) is 1. The molecule has 0 radical (unpaired) electrons. The highest BCUT2D eigenvalue weighted by molar-refractivity contribution is 6.03. The molecule has 0 aromatic heterocycles. The van der Waals surface area contributed by atoms with Crippen molar-refractivity contribution in [3.63, 3.8) is 0 Å². The number of para-hydroxylation sites is 3. The molecule has 2 aliphatic rings. The van der Waals surface area contributed by atoms with E-state index in [4.69, 9.17) is 0 Å². The minimum atomic E-state index is -0.301. The van der Waals surface area contributed by atoms with Gasteiger partial charge in [0.15, 0.2) is 5.78 Å². The van der Waals surface area contributed by atoms with Crippen LogP contribution in [0.3, 0.4) is 0 Å². The summed E-state index contributed by atoms with van der Waals surface area (Å²) in [5.74, 6) is 0.220. The van der Waals surface area contributed by atoms with Gasteiger partial charge in [-0.3, -0.25) is 9.59 Å². The fraction of sp³-hybridized carbons (Fsp3) is 0.320. The number of piperazine rings is 1. The van der Waals surface area contributed by atoms with Gasteiger partial charge in [-0.05, 0) is 24.3 Å². The van der Waals surface area contributed by atoms with Gasteiger partial charge in [0, 0.05) is 58.8 Å². The lowest BCUT2D eigenvalue weighted by atomic mass is 10.1. The summed E-state index contributed by atoms with van der Waals surface area (Å²) < 4.78 is 0. The zero-order valence-corrected chi connectivity index (χ0v) is 18.5. The lowest BCUT2D eigenvalue weighted by Crippen LogP contribution is -2.48. The van der Waals surface area contributed by atoms with Gasteiger partial charge in [0.1, 0.15) is 17.5 Å². The van der Waals surface area contributed by atoms with Gasteiger partial charge in [0.05, 0.1) is 11.4 Å². The van der Waals surface area contributed by atoms with Gasteiger partial charge in [-0.15, -0.1) is 0 Å². The van der Waals surface area contributed by atoms with E-state index in [0.717, 1.165) is 30.2 Å². The van der Waals surface area contributed by atoms with Crippen LogP contribution in [-0.4, -0.2) is 56.9 Å². The average Bonchev–Trinajstić information content (AvgIpc) is 3.09. The van der Waals surface area contributed by atoms with Crippen LogP contribution in [0.15, 0.2) is 66.0 Å². The van der Waals surface area contributed by atoms with Crippen LogP contribution in [0, 0.1) is 11.3 Å². The number of benzene rings is 2. The fourth-order valence-corrected chi connectivity index (χ4v) is 4.41. The first-order chi connectivity index (χ1) is 15.5. The van der Waals surface area contributed by atoms with Crippen molar-refractivity contribution in [2.45, 2.75) is 12.8 Å². The van der Waals surface area contributed by atoms with Crippen molar-refractivity contribution < 1.29 is 9.59 Å². The van der Waals surface area contributed by atoms with Crippen LogP contribution in [0.4, 0.5) is 17.1 Å². The van der Waals surface area contributed by atoms with E-state index >= 15 is 0 Å². The molecule has 2 aromatic carbocycles. The molecule has 0 spiro atoms. The summed E-state index contributed by atoms with van der Waals surface area (Å²) in [5.41, 5.74) is 3.13. The first-order valence-corrected chi connectivity index (χ1v) is 10.8. The summed E-state index contributed by atoms with van der Waals surface area (Å²) in [6.45, 7) is 2.81. The zero-order valence-electron chi connectivity index (χ0n) is 18.5. The predicted octanol–water partition coefficient (Wildman–Crippen LogP) is 3.01. The van der Waals surface area contributed by atoms with Gasteiger partial charge in [0.2, 0.25) is 5.91 Å². The Labute approximate surface area is 188 Å². The molecule has 2 heterocycles. The van der Waals surface area contributed by atoms with Crippen molar-refractivity contribution in [2.24, 2.45) is 0 Å². The molecule has 2 aliphatic heterocycles. The number of hydrogen-bond acceptors (Lipinski definition) is 6. The molecule has 2 aromatic rings. The number of hydrogen-bond donors (Lipinski definition) is 0. The van der Waals surface area contributed by atoms with Gasteiger partial charge in [0.25, 0.3) is 0 Å². The van der Waals surface area contributed by atoms with Crippen LogP contribution in [0.2, 0.25) is 0 Å². The molecule has 7 nitrogen and oxygen atoms in total. The molecule has 0 atom stereocenters. The van der Waals surface area contributed by atoms with Crippen molar-refractivity contribution in [3.8, 4) is 6.07 Å². The Bertz CT molecular complexity index is 1050. The molecule has 1 fully saturated rings. The molecule has 0 aliphatic carbocycles. The van der Waals surface area contributed by atoms with Gasteiger partial charge in [-0.2, -0.15) is 5.26 Å². The Hall–Kier alpha value is -3.79. The largest absolute Gasteiger partial charge is 0.368 e. The Kier molecular flexibility index (Phi) is 6.13. The second kappa shape index (κ2) is 9.15. The number of anilines is 3. The Morgan fingerprint density at radius 1 is 0.844 bits per heavy atom. The highest BCUT2D eigenvalue weighted by Gasteiger charge is 2.31. The minimum Gasteiger partial charge on any atom is -0.368 e. The SMILES string of the molecule is CN1C(=C(C#N)C(=O)CCC(=O)N2CCN(c3ccccc3)CC2)N(C)c2ccccc21. The Balaban J connectivity index is 1.37. The summed E-state index contributed by atoms with van der Waals surface area (Å²) >= 11 is 0. The monoisotopic (exact) mass is 429 g/mol. The number of nitrogens with zero attached hydrogens (tertiary/aromatic N) is 5. The standard InChI is InChI=1S/C25H27N5O2/c1-27-21-10-6-7-11-22(21)28(2)25(27)20(18-26)23(31)12-13-24(32)30-16-14-29(15-17-30)19-8-4-3-5-9-19/h3-11H,12-17H2,1-2H3. The van der Waals surface area contributed by atoms with E-state index in [2.05, 4.69) is 23.1 Å². The highest BCUT2D eigenvalue weighted by Crippen LogP contribution is 2.40.